The predicted octanol–water partition coefficient (Wildman–Crippen LogP) is 1.04. The van der Waals surface area contributed by atoms with E-state index in [-0.39, 0.29) is 21.8 Å². The van der Waals surface area contributed by atoms with Gasteiger partial charge in [-0.25, -0.2) is 14.8 Å². The maximum Gasteiger partial charge on any atom is 0.335 e. The Balaban J connectivity index is 1.96. The molecule has 0 aliphatic rings. The summed E-state index contributed by atoms with van der Waals surface area (Å²) >= 11 is 6.05. The molecular weight excluding hydrogens is 374 g/mol. The minimum atomic E-state index is -0.875. The van der Waals surface area contributed by atoms with Gasteiger partial charge in [-0.1, -0.05) is 23.7 Å². The molecule has 0 unspecified atom stereocenters. The molecule has 1 amide bonds. The molecule has 0 aliphatic carbocycles. The maximum atomic E-state index is 12.1. The summed E-state index contributed by atoms with van der Waals surface area (Å²) in [5, 5.41) is 14.2. The first-order chi connectivity index (χ1) is 13.0. The zero-order valence-electron chi connectivity index (χ0n) is 13.6. The Morgan fingerprint density at radius 1 is 1.26 bits per heavy atom. The molecule has 3 N–H and O–H groups in total. The number of rotatable bonds is 4. The highest BCUT2D eigenvalue weighted by molar-refractivity contribution is 6.32. The molecule has 0 spiro atoms. The lowest BCUT2D eigenvalue weighted by Gasteiger charge is -2.10. The average Bonchev–Trinajstić information content (AvgIpc) is 2.66. The van der Waals surface area contributed by atoms with Gasteiger partial charge in [-0.2, -0.15) is 5.10 Å². The second kappa shape index (κ2) is 7.67. The van der Waals surface area contributed by atoms with Crippen LogP contribution in [0.1, 0.15) is 15.9 Å². The Morgan fingerprint density at radius 2 is 2.04 bits per heavy atom. The quantitative estimate of drug-likeness (QED) is 0.456. The van der Waals surface area contributed by atoms with Crippen molar-refractivity contribution in [2.45, 2.75) is 0 Å². The van der Waals surface area contributed by atoms with Crippen LogP contribution < -0.4 is 16.7 Å². The predicted molar refractivity (Wildman–Crippen MR) is 98.6 cm³/mol. The third kappa shape index (κ3) is 3.77. The first-order valence-corrected chi connectivity index (χ1v) is 7.93. The highest BCUT2D eigenvalue weighted by Gasteiger charge is 2.16. The largest absolute Gasteiger partial charge is 0.493 e. The molecule has 10 heteroatoms. The molecule has 0 fully saturated rings. The molecule has 2 heterocycles. The van der Waals surface area contributed by atoms with Gasteiger partial charge in [0, 0.05) is 12.4 Å². The molecule has 27 heavy (non-hydrogen) atoms. The second-order valence-corrected chi connectivity index (χ2v) is 5.63. The van der Waals surface area contributed by atoms with E-state index in [1.54, 1.807) is 18.2 Å². The number of aromatic amines is 1. The fraction of sp³-hybridized carbons (Fsp3) is 0. The van der Waals surface area contributed by atoms with E-state index in [0.29, 0.717) is 0 Å². The van der Waals surface area contributed by atoms with Crippen LogP contribution in [-0.2, 0) is 0 Å². The summed E-state index contributed by atoms with van der Waals surface area (Å²) < 4.78 is 0.827. The van der Waals surface area contributed by atoms with Crippen LogP contribution in [0.25, 0.3) is 5.69 Å². The van der Waals surface area contributed by atoms with Crippen molar-refractivity contribution in [1.82, 2.24) is 20.0 Å². The lowest BCUT2D eigenvalue weighted by atomic mass is 10.3. The Kier molecular flexibility index (Phi) is 5.13. The number of aromatic nitrogens is 3. The van der Waals surface area contributed by atoms with Gasteiger partial charge >= 0.3 is 5.69 Å². The number of halogens is 1. The van der Waals surface area contributed by atoms with Crippen molar-refractivity contribution >= 4 is 23.7 Å². The van der Waals surface area contributed by atoms with Crippen molar-refractivity contribution in [3.8, 4) is 11.6 Å². The summed E-state index contributed by atoms with van der Waals surface area (Å²) in [6.45, 7) is 0. The number of para-hydroxylation sites is 1. The van der Waals surface area contributed by atoms with Crippen LogP contribution in [0.3, 0.4) is 0 Å². The van der Waals surface area contributed by atoms with E-state index in [0.717, 1.165) is 10.8 Å². The fourth-order valence-corrected chi connectivity index (χ4v) is 2.45. The van der Waals surface area contributed by atoms with Crippen LogP contribution in [0, 0.1) is 0 Å². The molecule has 0 atom stereocenters. The number of carbonyl (C=O) groups is 1. The molecule has 1 aromatic carbocycles. The number of nitrogens with one attached hydrogen (secondary N) is 2. The van der Waals surface area contributed by atoms with Crippen LogP contribution in [0.4, 0.5) is 0 Å². The summed E-state index contributed by atoms with van der Waals surface area (Å²) in [4.78, 5) is 41.9. The zero-order chi connectivity index (χ0) is 19.4. The van der Waals surface area contributed by atoms with Crippen molar-refractivity contribution in [2.24, 2.45) is 5.10 Å². The Morgan fingerprint density at radius 3 is 2.74 bits per heavy atom. The zero-order valence-corrected chi connectivity index (χ0v) is 14.3. The molecule has 0 aliphatic heterocycles. The molecule has 0 bridgehead atoms. The number of H-pyrrole nitrogens is 1. The standard InChI is InChI=1S/C17H12ClN5O4/c18-12-5-1-2-6-13(12)23-16(26)11(15(25)21-17(23)27)9-20-22-14(24)10-4-3-7-19-8-10/h1-9,26H,(H,22,24)(H,21,25,27)/b20-9+. The number of benzene rings is 1. The van der Waals surface area contributed by atoms with E-state index in [2.05, 4.69) is 20.5 Å². The molecule has 136 valence electrons. The third-order valence-corrected chi connectivity index (χ3v) is 3.82. The van der Waals surface area contributed by atoms with Crippen LogP contribution in [0.2, 0.25) is 5.02 Å². The lowest BCUT2D eigenvalue weighted by molar-refractivity contribution is 0.0954. The van der Waals surface area contributed by atoms with Gasteiger partial charge in [0.15, 0.2) is 0 Å². The summed E-state index contributed by atoms with van der Waals surface area (Å²) in [6, 6.07) is 9.38. The van der Waals surface area contributed by atoms with E-state index in [1.165, 1.54) is 30.6 Å². The Labute approximate surface area is 156 Å². The number of hydrazone groups is 1. The molecular formula is C17H12ClN5O4. The monoisotopic (exact) mass is 385 g/mol. The van der Waals surface area contributed by atoms with Crippen molar-refractivity contribution in [3.63, 3.8) is 0 Å². The highest BCUT2D eigenvalue weighted by atomic mass is 35.5. The highest BCUT2D eigenvalue weighted by Crippen LogP contribution is 2.22. The summed E-state index contributed by atoms with van der Waals surface area (Å²) in [6.07, 6.45) is 3.78. The van der Waals surface area contributed by atoms with E-state index >= 15 is 0 Å². The summed E-state index contributed by atoms with van der Waals surface area (Å²) in [5.74, 6) is -1.23. The van der Waals surface area contributed by atoms with Crippen molar-refractivity contribution < 1.29 is 9.90 Å². The van der Waals surface area contributed by atoms with Gasteiger partial charge in [0.25, 0.3) is 11.5 Å². The molecule has 2 aromatic heterocycles. The number of pyridine rings is 1. The number of carbonyl (C=O) groups excluding carboxylic acids is 1. The first kappa shape index (κ1) is 18.1. The van der Waals surface area contributed by atoms with E-state index in [4.69, 9.17) is 11.6 Å². The smallest absolute Gasteiger partial charge is 0.335 e. The number of nitrogens with zero attached hydrogens (tertiary/aromatic N) is 3. The summed E-state index contributed by atoms with van der Waals surface area (Å²) in [5.41, 5.74) is 0.551. The van der Waals surface area contributed by atoms with Crippen molar-refractivity contribution in [2.75, 3.05) is 0 Å². The van der Waals surface area contributed by atoms with Crippen LogP contribution in [0.5, 0.6) is 5.88 Å². The molecule has 0 saturated carbocycles. The summed E-state index contributed by atoms with van der Waals surface area (Å²) in [7, 11) is 0. The maximum absolute atomic E-state index is 12.1. The fourth-order valence-electron chi connectivity index (χ4n) is 2.23. The topological polar surface area (TPSA) is 129 Å². The van der Waals surface area contributed by atoms with E-state index < -0.39 is 23.0 Å². The average molecular weight is 386 g/mol. The van der Waals surface area contributed by atoms with E-state index in [1.807, 2.05) is 0 Å². The van der Waals surface area contributed by atoms with Crippen molar-refractivity contribution in [3.05, 3.63) is 85.8 Å². The minimum absolute atomic E-state index is 0.173. The van der Waals surface area contributed by atoms with Crippen molar-refractivity contribution in [1.29, 1.82) is 0 Å². The SMILES string of the molecule is O=C(N/N=C/c1c(O)n(-c2ccccc2Cl)c(=O)[nH]c1=O)c1cccnc1. The van der Waals surface area contributed by atoms with Gasteiger partial charge in [0.05, 0.1) is 22.5 Å². The lowest BCUT2D eigenvalue weighted by Crippen LogP contribution is -2.31. The number of amides is 1. The molecule has 0 saturated heterocycles. The van der Waals surface area contributed by atoms with Gasteiger partial charge in [0.2, 0.25) is 5.88 Å². The van der Waals surface area contributed by atoms with Crippen LogP contribution in [0.15, 0.2) is 63.5 Å². The third-order valence-electron chi connectivity index (χ3n) is 3.50. The van der Waals surface area contributed by atoms with Crippen LogP contribution >= 0.6 is 11.6 Å². The number of hydrogen-bond donors (Lipinski definition) is 3. The number of hydrogen-bond acceptors (Lipinski definition) is 6. The Bertz CT molecular complexity index is 1140. The van der Waals surface area contributed by atoms with Gasteiger partial charge in [-0.15, -0.1) is 0 Å². The normalized spacial score (nSPS) is 10.9. The number of aromatic hydroxyl groups is 1. The van der Waals surface area contributed by atoms with E-state index in [9.17, 15) is 19.5 Å². The molecule has 3 rings (SSSR count). The van der Waals surface area contributed by atoms with Gasteiger partial charge in [0.1, 0.15) is 5.56 Å². The van der Waals surface area contributed by atoms with Crippen LogP contribution in [-0.4, -0.2) is 31.8 Å². The van der Waals surface area contributed by atoms with Gasteiger partial charge < -0.3 is 5.11 Å². The Hall–Kier alpha value is -3.72. The van der Waals surface area contributed by atoms with Gasteiger partial charge in [-0.3, -0.25) is 19.6 Å². The molecule has 0 radical (unpaired) electrons. The molecule has 3 aromatic rings. The van der Waals surface area contributed by atoms with Gasteiger partial charge in [-0.05, 0) is 24.3 Å². The molecule has 9 nitrogen and oxygen atoms in total. The first-order valence-electron chi connectivity index (χ1n) is 7.55. The minimum Gasteiger partial charge on any atom is -0.493 e. The second-order valence-electron chi connectivity index (χ2n) is 5.22.